The highest BCUT2D eigenvalue weighted by Gasteiger charge is 2.22. The van der Waals surface area contributed by atoms with Gasteiger partial charge in [0, 0.05) is 13.1 Å². The van der Waals surface area contributed by atoms with Gasteiger partial charge in [-0.2, -0.15) is 0 Å². The molecule has 0 saturated heterocycles. The number of rotatable bonds is 6. The summed E-state index contributed by atoms with van der Waals surface area (Å²) in [4.78, 5) is -0.695. The summed E-state index contributed by atoms with van der Waals surface area (Å²) in [6.45, 7) is 2.02. The molecule has 0 aliphatic heterocycles. The van der Waals surface area contributed by atoms with E-state index in [0.717, 1.165) is 18.6 Å². The van der Waals surface area contributed by atoms with Gasteiger partial charge < -0.3 is 5.73 Å². The molecule has 18 heavy (non-hydrogen) atoms. The Balaban J connectivity index is 3.11. The highest BCUT2D eigenvalue weighted by Crippen LogP contribution is 2.19. The van der Waals surface area contributed by atoms with Crippen LogP contribution in [0.3, 0.4) is 0 Å². The van der Waals surface area contributed by atoms with E-state index >= 15 is 0 Å². The molecule has 0 atom stereocenters. The van der Waals surface area contributed by atoms with E-state index in [2.05, 4.69) is 4.72 Å². The smallest absolute Gasteiger partial charge is 0.243 e. The molecule has 1 aromatic rings. The topological polar surface area (TPSA) is 72.2 Å². The van der Waals surface area contributed by atoms with E-state index in [9.17, 15) is 17.2 Å². The second-order valence-electron chi connectivity index (χ2n) is 3.85. The number of unbranched alkanes of at least 4 members (excludes halogenated alkanes) is 1. The van der Waals surface area contributed by atoms with Crippen molar-refractivity contribution in [2.75, 3.05) is 6.54 Å². The van der Waals surface area contributed by atoms with E-state index in [-0.39, 0.29) is 18.7 Å². The first-order valence-electron chi connectivity index (χ1n) is 5.60. The summed E-state index contributed by atoms with van der Waals surface area (Å²) in [6, 6.07) is 1.94. The monoisotopic (exact) mass is 278 g/mol. The molecule has 0 aliphatic rings. The number of benzene rings is 1. The van der Waals surface area contributed by atoms with Gasteiger partial charge in [0.15, 0.2) is 11.6 Å². The average molecular weight is 278 g/mol. The fourth-order valence-electron chi connectivity index (χ4n) is 1.39. The first kappa shape index (κ1) is 15.0. The van der Waals surface area contributed by atoms with Crippen molar-refractivity contribution in [3.8, 4) is 0 Å². The molecule has 1 aromatic carbocycles. The number of nitrogens with two attached hydrogens (primary N) is 1. The number of hydrogen-bond donors (Lipinski definition) is 2. The van der Waals surface area contributed by atoms with Gasteiger partial charge in [0.2, 0.25) is 10.0 Å². The normalized spacial score (nSPS) is 11.8. The van der Waals surface area contributed by atoms with Crippen LogP contribution in [-0.2, 0) is 16.6 Å². The van der Waals surface area contributed by atoms with Crippen molar-refractivity contribution in [2.24, 2.45) is 5.73 Å². The Morgan fingerprint density at radius 3 is 2.56 bits per heavy atom. The van der Waals surface area contributed by atoms with Gasteiger partial charge in [-0.15, -0.1) is 0 Å². The number of nitrogens with one attached hydrogen (secondary N) is 1. The summed E-state index contributed by atoms with van der Waals surface area (Å²) >= 11 is 0. The average Bonchev–Trinajstić information content (AvgIpc) is 2.32. The van der Waals surface area contributed by atoms with Gasteiger partial charge in [0.25, 0.3) is 0 Å². The van der Waals surface area contributed by atoms with Gasteiger partial charge in [0.1, 0.15) is 4.90 Å². The van der Waals surface area contributed by atoms with Crippen molar-refractivity contribution < 1.29 is 17.2 Å². The Morgan fingerprint density at radius 2 is 2.00 bits per heavy atom. The van der Waals surface area contributed by atoms with Gasteiger partial charge in [0.05, 0.1) is 0 Å². The third kappa shape index (κ3) is 3.47. The molecule has 0 amide bonds. The highest BCUT2D eigenvalue weighted by molar-refractivity contribution is 7.89. The lowest BCUT2D eigenvalue weighted by Crippen LogP contribution is -2.26. The fraction of sp³-hybridized carbons (Fsp3) is 0.455. The maximum absolute atomic E-state index is 13.5. The Kier molecular flexibility index (Phi) is 5.18. The van der Waals surface area contributed by atoms with Crippen LogP contribution in [0.2, 0.25) is 0 Å². The van der Waals surface area contributed by atoms with Gasteiger partial charge in [-0.25, -0.2) is 21.9 Å². The van der Waals surface area contributed by atoms with Crippen LogP contribution in [-0.4, -0.2) is 15.0 Å². The van der Waals surface area contributed by atoms with Crippen LogP contribution in [0, 0.1) is 11.6 Å². The van der Waals surface area contributed by atoms with E-state index in [1.807, 2.05) is 6.92 Å². The molecule has 0 unspecified atom stereocenters. The molecular formula is C11H16F2N2O2S. The van der Waals surface area contributed by atoms with Gasteiger partial charge in [-0.3, -0.25) is 0 Å². The molecule has 0 aromatic heterocycles. The minimum absolute atomic E-state index is 0.0608. The minimum atomic E-state index is -4.04. The van der Waals surface area contributed by atoms with E-state index in [1.165, 1.54) is 0 Å². The molecule has 0 radical (unpaired) electrons. The van der Waals surface area contributed by atoms with E-state index < -0.39 is 26.6 Å². The first-order valence-corrected chi connectivity index (χ1v) is 7.08. The second-order valence-corrected chi connectivity index (χ2v) is 5.58. The zero-order chi connectivity index (χ0) is 13.8. The Hall–Kier alpha value is -1.05. The second kappa shape index (κ2) is 6.21. The predicted molar refractivity (Wildman–Crippen MR) is 64.3 cm³/mol. The van der Waals surface area contributed by atoms with Crippen LogP contribution in [0.4, 0.5) is 8.78 Å². The van der Waals surface area contributed by atoms with Crippen LogP contribution in [0.15, 0.2) is 17.0 Å². The molecule has 0 bridgehead atoms. The zero-order valence-electron chi connectivity index (χ0n) is 10.0. The Labute approximate surface area is 105 Å². The summed E-state index contributed by atoms with van der Waals surface area (Å²) in [5, 5.41) is 0. The lowest BCUT2D eigenvalue weighted by atomic mass is 10.2. The fourth-order valence-corrected chi connectivity index (χ4v) is 2.60. The molecular weight excluding hydrogens is 262 g/mol. The van der Waals surface area contributed by atoms with Crippen LogP contribution < -0.4 is 10.5 Å². The third-order valence-corrected chi connectivity index (χ3v) is 3.86. The SMILES string of the molecule is CCCCNS(=O)(=O)c1cc(CN)cc(F)c1F. The third-order valence-electron chi connectivity index (χ3n) is 2.40. The van der Waals surface area contributed by atoms with E-state index in [4.69, 9.17) is 5.73 Å². The molecule has 0 heterocycles. The van der Waals surface area contributed by atoms with Crippen molar-refractivity contribution in [1.29, 1.82) is 0 Å². The largest absolute Gasteiger partial charge is 0.326 e. The van der Waals surface area contributed by atoms with Gasteiger partial charge in [-0.1, -0.05) is 13.3 Å². The quantitative estimate of drug-likeness (QED) is 0.775. The molecule has 0 spiro atoms. The molecule has 0 aliphatic carbocycles. The summed E-state index contributed by atoms with van der Waals surface area (Å²) < 4.78 is 52.5. The van der Waals surface area contributed by atoms with Crippen LogP contribution in [0.5, 0.6) is 0 Å². The Morgan fingerprint density at radius 1 is 1.33 bits per heavy atom. The highest BCUT2D eigenvalue weighted by atomic mass is 32.2. The lowest BCUT2D eigenvalue weighted by Gasteiger charge is -2.09. The summed E-state index contributed by atoms with van der Waals surface area (Å²) in [5.74, 6) is -2.59. The van der Waals surface area contributed by atoms with Crippen molar-refractivity contribution in [2.45, 2.75) is 31.2 Å². The summed E-state index contributed by atoms with van der Waals surface area (Å²) in [5.41, 5.74) is 5.52. The maximum atomic E-state index is 13.5. The standard InChI is InChI=1S/C11H16F2N2O2S/c1-2-3-4-15-18(16,17)10-6-8(7-14)5-9(12)11(10)13/h5-6,15H,2-4,7,14H2,1H3. The number of sulfonamides is 1. The lowest BCUT2D eigenvalue weighted by molar-refractivity contribution is 0.481. The summed E-state index contributed by atoms with van der Waals surface area (Å²) in [7, 11) is -4.04. The Bertz CT molecular complexity index is 518. The molecule has 102 valence electrons. The van der Waals surface area contributed by atoms with Gasteiger partial charge >= 0.3 is 0 Å². The number of halogens is 2. The van der Waals surface area contributed by atoms with Crippen LogP contribution in [0.25, 0.3) is 0 Å². The molecule has 3 N–H and O–H groups in total. The van der Waals surface area contributed by atoms with Gasteiger partial charge in [-0.05, 0) is 24.1 Å². The zero-order valence-corrected chi connectivity index (χ0v) is 10.9. The molecule has 0 fully saturated rings. The maximum Gasteiger partial charge on any atom is 0.243 e. The van der Waals surface area contributed by atoms with Crippen molar-refractivity contribution in [3.63, 3.8) is 0 Å². The summed E-state index contributed by atoms with van der Waals surface area (Å²) in [6.07, 6.45) is 1.42. The van der Waals surface area contributed by atoms with Crippen molar-refractivity contribution in [3.05, 3.63) is 29.3 Å². The first-order chi connectivity index (χ1) is 8.42. The predicted octanol–water partition coefficient (Wildman–Crippen LogP) is 1.50. The molecule has 7 heteroatoms. The molecule has 1 rings (SSSR count). The van der Waals surface area contributed by atoms with Crippen molar-refractivity contribution in [1.82, 2.24) is 4.72 Å². The van der Waals surface area contributed by atoms with Crippen LogP contribution in [0.1, 0.15) is 25.3 Å². The number of hydrogen-bond acceptors (Lipinski definition) is 3. The van der Waals surface area contributed by atoms with Crippen molar-refractivity contribution >= 4 is 10.0 Å². The van der Waals surface area contributed by atoms with E-state index in [0.29, 0.717) is 6.42 Å². The minimum Gasteiger partial charge on any atom is -0.326 e. The molecule has 0 saturated carbocycles. The van der Waals surface area contributed by atoms with E-state index in [1.54, 1.807) is 0 Å². The van der Waals surface area contributed by atoms with Crippen LogP contribution >= 0.6 is 0 Å². The molecule has 4 nitrogen and oxygen atoms in total.